The fourth-order valence-electron chi connectivity index (χ4n) is 4.52. The van der Waals surface area contributed by atoms with E-state index in [2.05, 4.69) is 20.8 Å². The molecule has 2 aliphatic rings. The lowest BCUT2D eigenvalue weighted by molar-refractivity contribution is 0.102. The van der Waals surface area contributed by atoms with Gasteiger partial charge < -0.3 is 4.74 Å². The third kappa shape index (κ3) is 4.32. The van der Waals surface area contributed by atoms with Gasteiger partial charge in [0.25, 0.3) is 0 Å². The Morgan fingerprint density at radius 3 is 2.56 bits per heavy atom. The van der Waals surface area contributed by atoms with Crippen LogP contribution in [-0.4, -0.2) is 28.6 Å². The fourth-order valence-corrected chi connectivity index (χ4v) is 6.85. The molecule has 0 saturated heterocycles. The quantitative estimate of drug-likeness (QED) is 0.230. The van der Waals surface area contributed by atoms with Crippen LogP contribution < -0.4 is 4.74 Å². The molecule has 32 heavy (non-hydrogen) atoms. The Bertz CT molecular complexity index is 1160. The molecule has 1 atom stereocenters. The Labute approximate surface area is 198 Å². The molecule has 0 unspecified atom stereocenters. The van der Waals surface area contributed by atoms with E-state index in [0.29, 0.717) is 28.6 Å². The van der Waals surface area contributed by atoms with Gasteiger partial charge >= 0.3 is 0 Å². The first-order chi connectivity index (χ1) is 15.3. The minimum Gasteiger partial charge on any atom is -0.497 e. The van der Waals surface area contributed by atoms with Gasteiger partial charge in [0.15, 0.2) is 5.78 Å². The van der Waals surface area contributed by atoms with Crippen molar-refractivity contribution in [1.82, 2.24) is 9.97 Å². The zero-order valence-corrected chi connectivity index (χ0v) is 20.9. The van der Waals surface area contributed by atoms with E-state index < -0.39 is 0 Å². The van der Waals surface area contributed by atoms with Gasteiger partial charge in [-0.2, -0.15) is 0 Å². The van der Waals surface area contributed by atoms with Crippen LogP contribution in [0.15, 0.2) is 29.3 Å². The van der Waals surface area contributed by atoms with Crippen LogP contribution in [0.5, 0.6) is 5.75 Å². The molecule has 2 heterocycles. The SMILES string of the molecule is COc1ccc(C(=O)CSc2nc(C3CC3)nc3sc4c(c23)CC[C@@H](C(C)(C)C)C4)cc1. The highest BCUT2D eigenvalue weighted by molar-refractivity contribution is 8.00. The van der Waals surface area contributed by atoms with Crippen LogP contribution in [0.1, 0.15) is 72.6 Å². The molecule has 168 valence electrons. The van der Waals surface area contributed by atoms with E-state index >= 15 is 0 Å². The summed E-state index contributed by atoms with van der Waals surface area (Å²) in [5, 5.41) is 2.22. The molecular formula is C26H30N2O2S2. The predicted octanol–water partition coefficient (Wildman–Crippen LogP) is 6.70. The van der Waals surface area contributed by atoms with Crippen LogP contribution in [-0.2, 0) is 12.8 Å². The molecular weight excluding hydrogens is 436 g/mol. The molecule has 3 aromatic rings. The van der Waals surface area contributed by atoms with E-state index in [4.69, 9.17) is 14.7 Å². The van der Waals surface area contributed by atoms with Crippen molar-refractivity contribution in [1.29, 1.82) is 0 Å². The highest BCUT2D eigenvalue weighted by atomic mass is 32.2. The summed E-state index contributed by atoms with van der Waals surface area (Å²) in [6.07, 6.45) is 5.79. The maximum Gasteiger partial charge on any atom is 0.173 e. The smallest absolute Gasteiger partial charge is 0.173 e. The first-order valence-corrected chi connectivity index (χ1v) is 13.3. The largest absolute Gasteiger partial charge is 0.497 e. The third-order valence-electron chi connectivity index (χ3n) is 6.81. The number of thioether (sulfide) groups is 1. The topological polar surface area (TPSA) is 52.1 Å². The standard InChI is InChI=1S/C26H30N2O2S2/c1-26(2,3)17-9-12-19-21(13-17)32-25-22(19)24(27-23(28-25)16-5-6-16)31-14-20(29)15-7-10-18(30-4)11-8-15/h7-8,10-11,16-17H,5-6,9,12-14H2,1-4H3/t17-/m1/s1. The monoisotopic (exact) mass is 466 g/mol. The van der Waals surface area contributed by atoms with Crippen LogP contribution in [0.3, 0.4) is 0 Å². The summed E-state index contributed by atoms with van der Waals surface area (Å²) in [5.74, 6) is 3.44. The molecule has 0 radical (unpaired) electrons. The predicted molar refractivity (Wildman–Crippen MR) is 132 cm³/mol. The maximum absolute atomic E-state index is 12.9. The van der Waals surface area contributed by atoms with Gasteiger partial charge in [0.2, 0.25) is 0 Å². The Morgan fingerprint density at radius 2 is 1.91 bits per heavy atom. The molecule has 2 aromatic heterocycles. The highest BCUT2D eigenvalue weighted by Gasteiger charge is 2.33. The van der Waals surface area contributed by atoms with Gasteiger partial charge in [-0.3, -0.25) is 4.79 Å². The number of aromatic nitrogens is 2. The van der Waals surface area contributed by atoms with Gasteiger partial charge in [0.1, 0.15) is 21.4 Å². The second-order valence-corrected chi connectivity index (χ2v) is 12.1. The van der Waals surface area contributed by atoms with Gasteiger partial charge in [0, 0.05) is 21.7 Å². The summed E-state index contributed by atoms with van der Waals surface area (Å²) < 4.78 is 5.21. The van der Waals surface area contributed by atoms with Gasteiger partial charge in [-0.05, 0) is 73.3 Å². The summed E-state index contributed by atoms with van der Waals surface area (Å²) in [4.78, 5) is 25.5. The van der Waals surface area contributed by atoms with Crippen LogP contribution in [0.2, 0.25) is 0 Å². The number of benzene rings is 1. The van der Waals surface area contributed by atoms with E-state index in [-0.39, 0.29) is 5.78 Å². The second kappa shape index (κ2) is 8.45. The van der Waals surface area contributed by atoms with E-state index in [1.807, 2.05) is 35.6 Å². The van der Waals surface area contributed by atoms with E-state index in [1.165, 1.54) is 35.1 Å². The number of ether oxygens (including phenoxy) is 1. The van der Waals surface area contributed by atoms with Crippen molar-refractivity contribution in [2.75, 3.05) is 12.9 Å². The molecule has 2 aliphatic carbocycles. The fraction of sp³-hybridized carbons (Fsp3) is 0.500. The van der Waals surface area contributed by atoms with E-state index in [9.17, 15) is 4.79 Å². The number of carbonyl (C=O) groups excluding carboxylic acids is 1. The van der Waals surface area contributed by atoms with Crippen molar-refractivity contribution in [3.63, 3.8) is 0 Å². The number of carbonyl (C=O) groups is 1. The second-order valence-electron chi connectivity index (χ2n) is 10.1. The number of hydrogen-bond acceptors (Lipinski definition) is 6. The molecule has 0 bridgehead atoms. The number of Topliss-reactive ketones (excluding diaryl/α,β-unsaturated/α-hetero) is 1. The van der Waals surface area contributed by atoms with Crippen LogP contribution >= 0.6 is 23.1 Å². The van der Waals surface area contributed by atoms with Crippen molar-refractivity contribution < 1.29 is 9.53 Å². The highest BCUT2D eigenvalue weighted by Crippen LogP contribution is 2.46. The number of methoxy groups -OCH3 is 1. The molecule has 0 N–H and O–H groups in total. The molecule has 1 fully saturated rings. The average Bonchev–Trinajstić information content (AvgIpc) is 3.56. The number of nitrogens with zero attached hydrogens (tertiary/aromatic N) is 2. The zero-order valence-electron chi connectivity index (χ0n) is 19.2. The van der Waals surface area contributed by atoms with Gasteiger partial charge in [-0.25, -0.2) is 9.97 Å². The lowest BCUT2D eigenvalue weighted by Gasteiger charge is -2.33. The minimum absolute atomic E-state index is 0.120. The Hall–Kier alpha value is -1.92. The molecule has 1 aromatic carbocycles. The summed E-state index contributed by atoms with van der Waals surface area (Å²) in [6.45, 7) is 7.06. The summed E-state index contributed by atoms with van der Waals surface area (Å²) >= 11 is 3.45. The molecule has 0 amide bonds. The van der Waals surface area contributed by atoms with Crippen LogP contribution in [0, 0.1) is 11.3 Å². The first-order valence-electron chi connectivity index (χ1n) is 11.5. The van der Waals surface area contributed by atoms with Crippen LogP contribution in [0.4, 0.5) is 0 Å². The van der Waals surface area contributed by atoms with Crippen LogP contribution in [0.25, 0.3) is 10.2 Å². The number of thiophene rings is 1. The normalized spacial score (nSPS) is 18.6. The number of ketones is 1. The molecule has 1 saturated carbocycles. The van der Waals surface area contributed by atoms with E-state index in [0.717, 1.165) is 34.3 Å². The lowest BCUT2D eigenvalue weighted by Crippen LogP contribution is -2.26. The zero-order chi connectivity index (χ0) is 22.5. The molecule has 6 heteroatoms. The summed E-state index contributed by atoms with van der Waals surface area (Å²) in [7, 11) is 1.63. The number of aryl methyl sites for hydroxylation is 1. The maximum atomic E-state index is 12.9. The Morgan fingerprint density at radius 1 is 1.16 bits per heavy atom. The van der Waals surface area contributed by atoms with Crippen molar-refractivity contribution in [2.24, 2.45) is 11.3 Å². The van der Waals surface area contributed by atoms with Gasteiger partial charge in [0.05, 0.1) is 12.9 Å². The van der Waals surface area contributed by atoms with Crippen molar-refractivity contribution >= 4 is 39.1 Å². The molecule has 5 rings (SSSR count). The van der Waals surface area contributed by atoms with Gasteiger partial charge in [-0.1, -0.05) is 32.5 Å². The molecule has 0 aliphatic heterocycles. The Balaban J connectivity index is 1.45. The van der Waals surface area contributed by atoms with Crippen molar-refractivity contribution in [3.05, 3.63) is 46.1 Å². The molecule has 4 nitrogen and oxygen atoms in total. The van der Waals surface area contributed by atoms with Crippen molar-refractivity contribution in [2.45, 2.75) is 63.8 Å². The van der Waals surface area contributed by atoms with E-state index in [1.54, 1.807) is 18.9 Å². The lowest BCUT2D eigenvalue weighted by atomic mass is 9.72. The first kappa shape index (κ1) is 21.9. The van der Waals surface area contributed by atoms with Crippen molar-refractivity contribution in [3.8, 4) is 5.75 Å². The number of hydrogen-bond donors (Lipinski definition) is 0. The number of rotatable bonds is 6. The average molecular weight is 467 g/mol. The summed E-state index contributed by atoms with van der Waals surface area (Å²) in [6, 6.07) is 7.36. The van der Waals surface area contributed by atoms with Gasteiger partial charge in [-0.15, -0.1) is 11.3 Å². The minimum atomic E-state index is 0.120. The Kier molecular flexibility index (Phi) is 5.79. The number of fused-ring (bicyclic) bond motifs is 3. The summed E-state index contributed by atoms with van der Waals surface area (Å²) in [5.41, 5.74) is 2.47. The molecule has 0 spiro atoms. The third-order valence-corrected chi connectivity index (χ3v) is 8.94.